The van der Waals surface area contributed by atoms with Crippen LogP contribution in [0.1, 0.15) is 12.0 Å². The molecular weight excluding hydrogens is 383 g/mol. The Morgan fingerprint density at radius 1 is 0.960 bits per heavy atom. The van der Waals surface area contributed by atoms with Gasteiger partial charge < -0.3 is 10.6 Å². The maximum Gasteiger partial charge on any atom is 0.228 e. The zero-order valence-corrected chi connectivity index (χ0v) is 15.5. The van der Waals surface area contributed by atoms with E-state index in [1.54, 1.807) is 36.4 Å². The molecule has 0 bridgehead atoms. The number of carbonyl (C=O) groups is 2. The van der Waals surface area contributed by atoms with Gasteiger partial charge in [0.2, 0.25) is 11.8 Å². The molecule has 4 nitrogen and oxygen atoms in total. The van der Waals surface area contributed by atoms with E-state index < -0.39 is 0 Å². The molecule has 1 aliphatic rings. The third kappa shape index (κ3) is 4.09. The van der Waals surface area contributed by atoms with Crippen molar-refractivity contribution in [1.29, 1.82) is 0 Å². The molecule has 2 amide bonds. The van der Waals surface area contributed by atoms with Gasteiger partial charge in [-0.05, 0) is 49.2 Å². The van der Waals surface area contributed by atoms with E-state index in [0.717, 1.165) is 5.56 Å². The number of aryl methyl sites for hydroxylation is 1. The van der Waals surface area contributed by atoms with E-state index in [1.165, 1.54) is 0 Å². The zero-order valence-electron chi connectivity index (χ0n) is 13.3. The lowest BCUT2D eigenvalue weighted by Gasteiger charge is -2.10. The van der Waals surface area contributed by atoms with Crippen LogP contribution in [0.25, 0.3) is 0 Å². The standard InChI is InChI=1S/C18H15Cl3N2O2/c1-9-7-10(19)5-6-15(9)22-17(24)11-8-12(11)18(25)23-16-13(20)3-2-4-14(16)21/h2-7,11-12H,8H2,1H3,(H,22,24)(H,23,25). The van der Waals surface area contributed by atoms with E-state index in [-0.39, 0.29) is 23.7 Å². The van der Waals surface area contributed by atoms with E-state index >= 15 is 0 Å². The molecule has 1 saturated carbocycles. The summed E-state index contributed by atoms with van der Waals surface area (Å²) in [5, 5.41) is 6.88. The summed E-state index contributed by atoms with van der Waals surface area (Å²) in [4.78, 5) is 24.7. The van der Waals surface area contributed by atoms with Crippen LogP contribution in [0.5, 0.6) is 0 Å². The van der Waals surface area contributed by atoms with Crippen molar-refractivity contribution in [2.24, 2.45) is 11.8 Å². The van der Waals surface area contributed by atoms with Crippen LogP contribution >= 0.6 is 34.8 Å². The number of anilines is 2. The maximum atomic E-state index is 12.3. The average Bonchev–Trinajstić information content (AvgIpc) is 3.34. The SMILES string of the molecule is Cc1cc(Cl)ccc1NC(=O)C1CC1C(=O)Nc1c(Cl)cccc1Cl. The minimum atomic E-state index is -0.389. The number of rotatable bonds is 4. The van der Waals surface area contributed by atoms with Gasteiger partial charge in [-0.25, -0.2) is 0 Å². The fourth-order valence-corrected chi connectivity index (χ4v) is 3.32. The Kier molecular flexibility index (Phi) is 5.23. The summed E-state index contributed by atoms with van der Waals surface area (Å²) < 4.78 is 0. The smallest absolute Gasteiger partial charge is 0.228 e. The third-order valence-electron chi connectivity index (χ3n) is 4.12. The first kappa shape index (κ1) is 18.1. The van der Waals surface area contributed by atoms with Crippen molar-refractivity contribution >= 4 is 58.0 Å². The van der Waals surface area contributed by atoms with Gasteiger partial charge in [-0.2, -0.15) is 0 Å². The Labute approximate surface area is 160 Å². The molecule has 2 aromatic rings. The van der Waals surface area contributed by atoms with Gasteiger partial charge in [-0.3, -0.25) is 9.59 Å². The molecule has 130 valence electrons. The Balaban J connectivity index is 1.62. The highest BCUT2D eigenvalue weighted by atomic mass is 35.5. The van der Waals surface area contributed by atoms with Gasteiger partial charge in [0.25, 0.3) is 0 Å². The van der Waals surface area contributed by atoms with Crippen molar-refractivity contribution in [2.75, 3.05) is 10.6 Å². The Hall–Kier alpha value is -1.75. The van der Waals surface area contributed by atoms with E-state index in [9.17, 15) is 9.59 Å². The second-order valence-electron chi connectivity index (χ2n) is 5.98. The molecule has 1 fully saturated rings. The summed E-state index contributed by atoms with van der Waals surface area (Å²) >= 11 is 18.0. The fourth-order valence-electron chi connectivity index (χ4n) is 2.60. The Morgan fingerprint density at radius 3 is 2.16 bits per heavy atom. The number of hydrogen-bond donors (Lipinski definition) is 2. The fraction of sp³-hybridized carbons (Fsp3) is 0.222. The largest absolute Gasteiger partial charge is 0.326 e. The van der Waals surface area contributed by atoms with Gasteiger partial charge in [-0.15, -0.1) is 0 Å². The lowest BCUT2D eigenvalue weighted by Crippen LogP contribution is -2.21. The molecule has 25 heavy (non-hydrogen) atoms. The molecule has 7 heteroatoms. The lowest BCUT2D eigenvalue weighted by molar-refractivity contribution is -0.122. The first-order chi connectivity index (χ1) is 11.9. The van der Waals surface area contributed by atoms with E-state index in [4.69, 9.17) is 34.8 Å². The molecule has 0 saturated heterocycles. The molecule has 0 aliphatic heterocycles. The van der Waals surface area contributed by atoms with Gasteiger partial charge in [0.1, 0.15) is 0 Å². The molecule has 2 unspecified atom stereocenters. The van der Waals surface area contributed by atoms with Gasteiger partial charge in [0, 0.05) is 10.7 Å². The van der Waals surface area contributed by atoms with E-state index in [1.807, 2.05) is 6.92 Å². The average molecular weight is 398 g/mol. The van der Waals surface area contributed by atoms with Crippen molar-refractivity contribution in [1.82, 2.24) is 0 Å². The highest BCUT2D eigenvalue weighted by Gasteiger charge is 2.48. The minimum Gasteiger partial charge on any atom is -0.326 e. The number of nitrogens with one attached hydrogen (secondary N) is 2. The molecule has 2 N–H and O–H groups in total. The molecule has 0 spiro atoms. The minimum absolute atomic E-state index is 0.184. The Morgan fingerprint density at radius 2 is 1.56 bits per heavy atom. The van der Waals surface area contributed by atoms with Crippen molar-refractivity contribution in [3.8, 4) is 0 Å². The van der Waals surface area contributed by atoms with Gasteiger partial charge in [0.15, 0.2) is 0 Å². The number of halogens is 3. The van der Waals surface area contributed by atoms with Crippen molar-refractivity contribution in [3.05, 3.63) is 57.0 Å². The van der Waals surface area contributed by atoms with E-state index in [2.05, 4.69) is 10.6 Å². The first-order valence-corrected chi connectivity index (χ1v) is 8.82. The third-order valence-corrected chi connectivity index (χ3v) is 4.99. The molecule has 2 aromatic carbocycles. The van der Waals surface area contributed by atoms with Crippen LogP contribution in [0.2, 0.25) is 15.1 Å². The monoisotopic (exact) mass is 396 g/mol. The molecule has 1 aliphatic carbocycles. The van der Waals surface area contributed by atoms with Gasteiger partial charge >= 0.3 is 0 Å². The van der Waals surface area contributed by atoms with Crippen LogP contribution < -0.4 is 10.6 Å². The van der Waals surface area contributed by atoms with Crippen molar-refractivity contribution < 1.29 is 9.59 Å². The molecule has 0 heterocycles. The second-order valence-corrected chi connectivity index (χ2v) is 7.23. The highest BCUT2D eigenvalue weighted by molar-refractivity contribution is 6.39. The summed E-state index contributed by atoms with van der Waals surface area (Å²) in [5.41, 5.74) is 1.93. The van der Waals surface area contributed by atoms with Gasteiger partial charge in [0.05, 0.1) is 27.6 Å². The molecule has 0 radical (unpaired) electrons. The van der Waals surface area contributed by atoms with Crippen LogP contribution in [0.15, 0.2) is 36.4 Å². The van der Waals surface area contributed by atoms with Crippen LogP contribution in [-0.2, 0) is 9.59 Å². The number of para-hydroxylation sites is 1. The van der Waals surface area contributed by atoms with Crippen molar-refractivity contribution in [3.63, 3.8) is 0 Å². The molecular formula is C18H15Cl3N2O2. The molecule has 0 aromatic heterocycles. The molecule has 2 atom stereocenters. The lowest BCUT2D eigenvalue weighted by atomic mass is 10.2. The zero-order chi connectivity index (χ0) is 18.1. The van der Waals surface area contributed by atoms with Crippen LogP contribution in [-0.4, -0.2) is 11.8 Å². The van der Waals surface area contributed by atoms with Crippen LogP contribution in [0, 0.1) is 18.8 Å². The summed E-state index contributed by atoms with van der Waals surface area (Å²) in [5.74, 6) is -1.20. The topological polar surface area (TPSA) is 58.2 Å². The summed E-state index contributed by atoms with van der Waals surface area (Å²) in [7, 11) is 0. The predicted octanol–water partition coefficient (Wildman–Crippen LogP) is 5.17. The number of hydrogen-bond acceptors (Lipinski definition) is 2. The first-order valence-electron chi connectivity index (χ1n) is 7.68. The van der Waals surface area contributed by atoms with Crippen LogP contribution in [0.4, 0.5) is 11.4 Å². The predicted molar refractivity (Wildman–Crippen MR) is 102 cm³/mol. The van der Waals surface area contributed by atoms with E-state index in [0.29, 0.717) is 32.9 Å². The van der Waals surface area contributed by atoms with Crippen molar-refractivity contribution in [2.45, 2.75) is 13.3 Å². The summed E-state index contributed by atoms with van der Waals surface area (Å²) in [6.07, 6.45) is 0.492. The maximum absolute atomic E-state index is 12.3. The van der Waals surface area contributed by atoms with Crippen LogP contribution in [0.3, 0.4) is 0 Å². The second kappa shape index (κ2) is 7.24. The van der Waals surface area contributed by atoms with Gasteiger partial charge in [-0.1, -0.05) is 40.9 Å². The number of amides is 2. The number of carbonyl (C=O) groups excluding carboxylic acids is 2. The molecule has 3 rings (SSSR count). The highest BCUT2D eigenvalue weighted by Crippen LogP contribution is 2.41. The number of benzene rings is 2. The summed E-state index contributed by atoms with van der Waals surface area (Å²) in [6, 6.07) is 10.2. The normalized spacial score (nSPS) is 18.6. The summed E-state index contributed by atoms with van der Waals surface area (Å²) in [6.45, 7) is 1.86. The quantitative estimate of drug-likeness (QED) is 0.748. The Bertz CT molecular complexity index is 834.